The number of nitrogens with zero attached hydrogens (tertiary/aromatic N) is 3. The third-order valence-corrected chi connectivity index (χ3v) is 5.50. The predicted octanol–water partition coefficient (Wildman–Crippen LogP) is 4.17. The standard InChI is InChI=1S/C23H24ClN3O4/c1-14(2)31-22(29)13-27-18-7-5-4-6-17(18)25-23(27)15-10-21(28)26(12-15)19-11-16(24)8-9-20(19)30-3/h4-9,11,14-15H,10,12-13H2,1-3H3. The van der Waals surface area contributed by atoms with E-state index in [1.807, 2.05) is 42.7 Å². The van der Waals surface area contributed by atoms with Crippen LogP contribution < -0.4 is 9.64 Å². The Morgan fingerprint density at radius 2 is 2.03 bits per heavy atom. The number of methoxy groups -OCH3 is 1. The normalized spacial score (nSPS) is 16.4. The zero-order chi connectivity index (χ0) is 22.1. The molecule has 0 spiro atoms. The van der Waals surface area contributed by atoms with Gasteiger partial charge in [-0.2, -0.15) is 0 Å². The van der Waals surface area contributed by atoms with Crippen LogP contribution in [0.1, 0.15) is 32.0 Å². The predicted molar refractivity (Wildman–Crippen MR) is 119 cm³/mol. The highest BCUT2D eigenvalue weighted by Crippen LogP contribution is 2.38. The number of aromatic nitrogens is 2. The van der Waals surface area contributed by atoms with Crippen molar-refractivity contribution in [1.29, 1.82) is 0 Å². The van der Waals surface area contributed by atoms with Crippen LogP contribution in [0.2, 0.25) is 5.02 Å². The molecule has 8 heteroatoms. The number of hydrogen-bond acceptors (Lipinski definition) is 5. The lowest BCUT2D eigenvalue weighted by Crippen LogP contribution is -2.25. The van der Waals surface area contributed by atoms with Crippen molar-refractivity contribution in [3.8, 4) is 5.75 Å². The first kappa shape index (κ1) is 21.2. The molecular weight excluding hydrogens is 418 g/mol. The maximum atomic E-state index is 12.9. The molecule has 1 aliphatic heterocycles. The second-order valence-electron chi connectivity index (χ2n) is 7.81. The topological polar surface area (TPSA) is 73.7 Å². The molecule has 1 fully saturated rings. The van der Waals surface area contributed by atoms with E-state index >= 15 is 0 Å². The summed E-state index contributed by atoms with van der Waals surface area (Å²) in [6.45, 7) is 4.09. The molecule has 0 aliphatic carbocycles. The van der Waals surface area contributed by atoms with Crippen molar-refractivity contribution in [3.05, 3.63) is 53.3 Å². The van der Waals surface area contributed by atoms with Crippen molar-refractivity contribution in [2.24, 2.45) is 0 Å². The van der Waals surface area contributed by atoms with Gasteiger partial charge in [0.1, 0.15) is 18.1 Å². The van der Waals surface area contributed by atoms with Crippen LogP contribution in [0.25, 0.3) is 11.0 Å². The van der Waals surface area contributed by atoms with Gasteiger partial charge in [-0.25, -0.2) is 4.98 Å². The van der Waals surface area contributed by atoms with Gasteiger partial charge in [-0.15, -0.1) is 0 Å². The molecule has 3 aromatic rings. The number of carbonyl (C=O) groups excluding carboxylic acids is 2. The Kier molecular flexibility index (Phi) is 5.87. The van der Waals surface area contributed by atoms with E-state index in [0.717, 1.165) is 11.0 Å². The molecule has 0 N–H and O–H groups in total. The molecule has 1 atom stereocenters. The van der Waals surface area contributed by atoms with E-state index in [0.29, 0.717) is 28.8 Å². The zero-order valence-corrected chi connectivity index (χ0v) is 18.4. The number of fused-ring (bicyclic) bond motifs is 1. The number of halogens is 1. The number of benzene rings is 2. The SMILES string of the molecule is COc1ccc(Cl)cc1N1CC(c2nc3ccccc3n2CC(=O)OC(C)C)CC1=O. The van der Waals surface area contributed by atoms with E-state index in [1.54, 1.807) is 30.2 Å². The number of ether oxygens (including phenoxy) is 2. The van der Waals surface area contributed by atoms with E-state index in [4.69, 9.17) is 26.1 Å². The lowest BCUT2D eigenvalue weighted by molar-refractivity contribution is -0.148. The summed E-state index contributed by atoms with van der Waals surface area (Å²) in [5.41, 5.74) is 2.25. The molecule has 2 heterocycles. The van der Waals surface area contributed by atoms with E-state index in [-0.39, 0.29) is 36.9 Å². The molecule has 2 aromatic carbocycles. The van der Waals surface area contributed by atoms with Gasteiger partial charge >= 0.3 is 5.97 Å². The lowest BCUT2D eigenvalue weighted by atomic mass is 10.1. The Morgan fingerprint density at radius 1 is 1.26 bits per heavy atom. The Bertz CT molecular complexity index is 1140. The van der Waals surface area contributed by atoms with Crippen molar-refractivity contribution in [2.45, 2.75) is 38.8 Å². The minimum atomic E-state index is -0.336. The summed E-state index contributed by atoms with van der Waals surface area (Å²) in [6, 6.07) is 12.8. The third kappa shape index (κ3) is 4.23. The van der Waals surface area contributed by atoms with Gasteiger partial charge in [0.2, 0.25) is 5.91 Å². The van der Waals surface area contributed by atoms with Gasteiger partial charge in [-0.3, -0.25) is 9.59 Å². The van der Waals surface area contributed by atoms with Gasteiger partial charge < -0.3 is 18.9 Å². The lowest BCUT2D eigenvalue weighted by Gasteiger charge is -2.20. The molecule has 31 heavy (non-hydrogen) atoms. The summed E-state index contributed by atoms with van der Waals surface area (Å²) in [4.78, 5) is 31.8. The first-order valence-electron chi connectivity index (χ1n) is 10.2. The van der Waals surface area contributed by atoms with Gasteiger partial charge in [0.05, 0.1) is 29.9 Å². The molecule has 1 amide bonds. The van der Waals surface area contributed by atoms with Gasteiger partial charge in [-0.05, 0) is 44.2 Å². The van der Waals surface area contributed by atoms with Crippen molar-refractivity contribution in [2.75, 3.05) is 18.6 Å². The maximum Gasteiger partial charge on any atom is 0.326 e. The van der Waals surface area contributed by atoms with Crippen LogP contribution >= 0.6 is 11.6 Å². The van der Waals surface area contributed by atoms with Crippen molar-refractivity contribution in [1.82, 2.24) is 9.55 Å². The molecular formula is C23H24ClN3O4. The number of anilines is 1. The average Bonchev–Trinajstić information content (AvgIpc) is 3.28. The smallest absolute Gasteiger partial charge is 0.326 e. The molecule has 0 saturated carbocycles. The zero-order valence-electron chi connectivity index (χ0n) is 17.7. The summed E-state index contributed by atoms with van der Waals surface area (Å²) in [6.07, 6.45) is 0.0719. The highest BCUT2D eigenvalue weighted by atomic mass is 35.5. The Hall–Kier alpha value is -3.06. The molecule has 7 nitrogen and oxygen atoms in total. The second-order valence-corrected chi connectivity index (χ2v) is 8.24. The number of amides is 1. The van der Waals surface area contributed by atoms with Crippen LogP contribution in [0.4, 0.5) is 5.69 Å². The number of hydrogen-bond donors (Lipinski definition) is 0. The summed E-state index contributed by atoms with van der Waals surface area (Å²) < 4.78 is 12.6. The first-order valence-corrected chi connectivity index (χ1v) is 10.5. The van der Waals surface area contributed by atoms with Gasteiger partial charge in [-0.1, -0.05) is 23.7 Å². The van der Waals surface area contributed by atoms with E-state index < -0.39 is 0 Å². The second kappa shape index (κ2) is 8.59. The molecule has 0 bridgehead atoms. The maximum absolute atomic E-state index is 12.9. The number of esters is 1. The monoisotopic (exact) mass is 441 g/mol. The van der Waals surface area contributed by atoms with Crippen LogP contribution in [0.15, 0.2) is 42.5 Å². The Labute approximate surface area is 185 Å². The van der Waals surface area contributed by atoms with E-state index in [1.165, 1.54) is 0 Å². The summed E-state index contributed by atoms with van der Waals surface area (Å²) in [7, 11) is 1.56. The minimum absolute atomic E-state index is 0.0409. The quantitative estimate of drug-likeness (QED) is 0.537. The number of para-hydroxylation sites is 2. The summed E-state index contributed by atoms with van der Waals surface area (Å²) in [5, 5.41) is 0.524. The minimum Gasteiger partial charge on any atom is -0.495 e. The highest BCUT2D eigenvalue weighted by Gasteiger charge is 2.36. The molecule has 1 saturated heterocycles. The number of carbonyl (C=O) groups is 2. The Morgan fingerprint density at radius 3 is 2.77 bits per heavy atom. The van der Waals surface area contributed by atoms with Crippen molar-refractivity contribution >= 4 is 40.2 Å². The molecule has 162 valence electrons. The number of rotatable bonds is 6. The Balaban J connectivity index is 1.69. The molecule has 0 radical (unpaired) electrons. The van der Waals surface area contributed by atoms with Crippen molar-refractivity contribution < 1.29 is 19.1 Å². The largest absolute Gasteiger partial charge is 0.495 e. The molecule has 4 rings (SSSR count). The van der Waals surface area contributed by atoms with Crippen LogP contribution in [-0.4, -0.2) is 41.2 Å². The van der Waals surface area contributed by atoms with Crippen LogP contribution in [0.3, 0.4) is 0 Å². The number of imidazole rings is 1. The molecule has 1 aromatic heterocycles. The first-order chi connectivity index (χ1) is 14.9. The van der Waals surface area contributed by atoms with Gasteiger partial charge in [0.15, 0.2) is 0 Å². The van der Waals surface area contributed by atoms with Crippen LogP contribution in [0.5, 0.6) is 5.75 Å². The van der Waals surface area contributed by atoms with Crippen LogP contribution in [-0.2, 0) is 20.9 Å². The van der Waals surface area contributed by atoms with Gasteiger partial charge in [0, 0.05) is 23.9 Å². The third-order valence-electron chi connectivity index (χ3n) is 5.26. The molecule has 1 aliphatic rings. The fourth-order valence-electron chi connectivity index (χ4n) is 3.99. The fourth-order valence-corrected chi connectivity index (χ4v) is 4.16. The molecule has 1 unspecified atom stereocenters. The highest BCUT2D eigenvalue weighted by molar-refractivity contribution is 6.31. The van der Waals surface area contributed by atoms with E-state index in [9.17, 15) is 9.59 Å². The van der Waals surface area contributed by atoms with E-state index in [2.05, 4.69) is 0 Å². The van der Waals surface area contributed by atoms with Crippen LogP contribution in [0, 0.1) is 0 Å². The summed E-state index contributed by atoms with van der Waals surface area (Å²) in [5.74, 6) is 0.702. The average molecular weight is 442 g/mol. The summed E-state index contributed by atoms with van der Waals surface area (Å²) >= 11 is 6.17. The fraction of sp³-hybridized carbons (Fsp3) is 0.348. The van der Waals surface area contributed by atoms with Gasteiger partial charge in [0.25, 0.3) is 0 Å². The van der Waals surface area contributed by atoms with Crippen molar-refractivity contribution in [3.63, 3.8) is 0 Å².